The molecule has 3 aromatic carbocycles. The van der Waals surface area contributed by atoms with Crippen LogP contribution in [0.4, 0.5) is 11.4 Å². The quantitative estimate of drug-likeness (QED) is 0.549. The summed E-state index contributed by atoms with van der Waals surface area (Å²) in [6.07, 6.45) is 0. The van der Waals surface area contributed by atoms with E-state index >= 15 is 0 Å². The van der Waals surface area contributed by atoms with Crippen LogP contribution in [0.5, 0.6) is 11.5 Å². The number of rotatable bonds is 8. The van der Waals surface area contributed by atoms with Gasteiger partial charge in [-0.1, -0.05) is 48.5 Å². The molecule has 3 aromatic rings. The number of methoxy groups -OCH3 is 1. The zero-order valence-electron chi connectivity index (χ0n) is 19.2. The van der Waals surface area contributed by atoms with Crippen LogP contribution in [0.3, 0.4) is 0 Å². The molecule has 1 heterocycles. The van der Waals surface area contributed by atoms with E-state index in [1.807, 2.05) is 73.7 Å². The summed E-state index contributed by atoms with van der Waals surface area (Å²) in [4.78, 5) is 18.2. The molecule has 6 heteroatoms. The average molecular weight is 446 g/mol. The van der Waals surface area contributed by atoms with E-state index in [2.05, 4.69) is 27.2 Å². The van der Waals surface area contributed by atoms with Gasteiger partial charge < -0.3 is 19.7 Å². The maximum Gasteiger partial charge on any atom is 0.246 e. The minimum atomic E-state index is -0.381. The Morgan fingerprint density at radius 3 is 2.39 bits per heavy atom. The molecule has 1 atom stereocenters. The minimum Gasteiger partial charge on any atom is -0.497 e. The summed E-state index contributed by atoms with van der Waals surface area (Å²) < 4.78 is 11.1. The van der Waals surface area contributed by atoms with Gasteiger partial charge in [0.05, 0.1) is 19.4 Å². The van der Waals surface area contributed by atoms with Gasteiger partial charge in [0, 0.05) is 37.9 Å². The fourth-order valence-electron chi connectivity index (χ4n) is 4.26. The van der Waals surface area contributed by atoms with Crippen LogP contribution >= 0.6 is 0 Å². The van der Waals surface area contributed by atoms with Crippen molar-refractivity contribution in [2.75, 3.05) is 50.1 Å². The summed E-state index contributed by atoms with van der Waals surface area (Å²) in [6, 6.07) is 25.3. The predicted octanol–water partition coefficient (Wildman–Crippen LogP) is 4.60. The lowest BCUT2D eigenvalue weighted by Crippen LogP contribution is -2.50. The van der Waals surface area contributed by atoms with Gasteiger partial charge in [-0.05, 0) is 36.8 Å². The van der Waals surface area contributed by atoms with Crippen molar-refractivity contribution in [3.05, 3.63) is 84.4 Å². The molecule has 1 saturated heterocycles. The standard InChI is InChI=1S/C27H31N3O3/c1-3-33-25-15-8-7-14-24(25)28-27(31)26(21-10-5-4-6-11-21)30-18-16-29(17-19-30)22-12-9-13-23(20-22)32-2/h4-15,20,26H,3,16-19H2,1-2H3,(H,28,31). The van der Waals surface area contributed by atoms with Crippen molar-refractivity contribution in [2.45, 2.75) is 13.0 Å². The molecule has 1 fully saturated rings. The molecule has 6 nitrogen and oxygen atoms in total. The zero-order valence-corrected chi connectivity index (χ0v) is 19.2. The Kier molecular flexibility index (Phi) is 7.47. The molecule has 0 spiro atoms. The van der Waals surface area contributed by atoms with Crippen LogP contribution < -0.4 is 19.7 Å². The molecule has 0 aliphatic carbocycles. The van der Waals surface area contributed by atoms with E-state index in [9.17, 15) is 4.79 Å². The molecule has 0 bridgehead atoms. The molecule has 33 heavy (non-hydrogen) atoms. The van der Waals surface area contributed by atoms with Crippen molar-refractivity contribution < 1.29 is 14.3 Å². The topological polar surface area (TPSA) is 54.0 Å². The first kappa shape index (κ1) is 22.7. The lowest BCUT2D eigenvalue weighted by Gasteiger charge is -2.39. The molecule has 1 aliphatic heterocycles. The number of carbonyl (C=O) groups excluding carboxylic acids is 1. The van der Waals surface area contributed by atoms with Crippen LogP contribution in [0.15, 0.2) is 78.9 Å². The number of anilines is 2. The molecule has 0 saturated carbocycles. The largest absolute Gasteiger partial charge is 0.497 e. The number of ether oxygens (including phenoxy) is 2. The van der Waals surface area contributed by atoms with Gasteiger partial charge in [-0.15, -0.1) is 0 Å². The van der Waals surface area contributed by atoms with Crippen LogP contribution in [0, 0.1) is 0 Å². The second-order valence-corrected chi connectivity index (χ2v) is 7.96. The Hall–Kier alpha value is -3.51. The van der Waals surface area contributed by atoms with E-state index in [4.69, 9.17) is 9.47 Å². The third-order valence-corrected chi connectivity index (χ3v) is 5.91. The van der Waals surface area contributed by atoms with Crippen molar-refractivity contribution in [3.8, 4) is 11.5 Å². The number of nitrogens with zero attached hydrogens (tertiary/aromatic N) is 2. The van der Waals surface area contributed by atoms with Gasteiger partial charge in [-0.25, -0.2) is 0 Å². The molecule has 172 valence electrons. The van der Waals surface area contributed by atoms with Crippen LogP contribution in [0.2, 0.25) is 0 Å². The highest BCUT2D eigenvalue weighted by atomic mass is 16.5. The smallest absolute Gasteiger partial charge is 0.246 e. The minimum absolute atomic E-state index is 0.0526. The zero-order chi connectivity index (χ0) is 23.0. The molecule has 1 N–H and O–H groups in total. The third-order valence-electron chi connectivity index (χ3n) is 5.91. The molecule has 1 unspecified atom stereocenters. The lowest BCUT2D eigenvalue weighted by molar-refractivity contribution is -0.121. The summed E-state index contributed by atoms with van der Waals surface area (Å²) in [7, 11) is 1.68. The summed E-state index contributed by atoms with van der Waals surface area (Å²) in [5, 5.41) is 3.11. The fourth-order valence-corrected chi connectivity index (χ4v) is 4.26. The molecule has 0 radical (unpaired) electrons. The summed E-state index contributed by atoms with van der Waals surface area (Å²) in [5.74, 6) is 1.48. The highest BCUT2D eigenvalue weighted by Crippen LogP contribution is 2.29. The van der Waals surface area contributed by atoms with Crippen LogP contribution in [0.1, 0.15) is 18.5 Å². The van der Waals surface area contributed by atoms with E-state index < -0.39 is 0 Å². The van der Waals surface area contributed by atoms with Crippen molar-refractivity contribution in [1.29, 1.82) is 0 Å². The second kappa shape index (κ2) is 10.9. The van der Waals surface area contributed by atoms with Crippen LogP contribution in [0.25, 0.3) is 0 Å². The number of para-hydroxylation sites is 2. The number of hydrogen-bond acceptors (Lipinski definition) is 5. The Morgan fingerprint density at radius 1 is 0.939 bits per heavy atom. The predicted molar refractivity (Wildman–Crippen MR) is 132 cm³/mol. The highest BCUT2D eigenvalue weighted by Gasteiger charge is 2.31. The molecule has 1 amide bonds. The molecule has 0 aromatic heterocycles. The number of piperazine rings is 1. The van der Waals surface area contributed by atoms with E-state index in [1.54, 1.807) is 7.11 Å². The van der Waals surface area contributed by atoms with Gasteiger partial charge in [0.1, 0.15) is 17.5 Å². The van der Waals surface area contributed by atoms with Crippen molar-refractivity contribution in [2.24, 2.45) is 0 Å². The van der Waals surface area contributed by atoms with Gasteiger partial charge >= 0.3 is 0 Å². The Morgan fingerprint density at radius 2 is 1.67 bits per heavy atom. The van der Waals surface area contributed by atoms with Gasteiger partial charge in [-0.3, -0.25) is 9.69 Å². The van der Waals surface area contributed by atoms with Gasteiger partial charge in [0.25, 0.3) is 0 Å². The first-order valence-electron chi connectivity index (χ1n) is 11.4. The first-order chi connectivity index (χ1) is 16.2. The van der Waals surface area contributed by atoms with Crippen molar-refractivity contribution in [3.63, 3.8) is 0 Å². The number of benzene rings is 3. The Labute approximate surface area is 195 Å². The number of nitrogens with one attached hydrogen (secondary N) is 1. The summed E-state index contributed by atoms with van der Waals surface area (Å²) in [5.41, 5.74) is 2.82. The lowest BCUT2D eigenvalue weighted by atomic mass is 10.0. The summed E-state index contributed by atoms with van der Waals surface area (Å²) >= 11 is 0. The monoisotopic (exact) mass is 445 g/mol. The van der Waals surface area contributed by atoms with Crippen LogP contribution in [-0.4, -0.2) is 50.7 Å². The van der Waals surface area contributed by atoms with E-state index in [-0.39, 0.29) is 11.9 Å². The fraction of sp³-hybridized carbons (Fsp3) is 0.296. The Balaban J connectivity index is 1.52. The SMILES string of the molecule is CCOc1ccccc1NC(=O)C(c1ccccc1)N1CCN(c2cccc(OC)c2)CC1. The van der Waals surface area contributed by atoms with Gasteiger partial charge in [0.2, 0.25) is 5.91 Å². The third kappa shape index (κ3) is 5.46. The molecular formula is C27H31N3O3. The first-order valence-corrected chi connectivity index (χ1v) is 11.4. The molecular weight excluding hydrogens is 414 g/mol. The van der Waals surface area contributed by atoms with Gasteiger partial charge in [-0.2, -0.15) is 0 Å². The van der Waals surface area contributed by atoms with E-state index in [0.717, 1.165) is 43.2 Å². The highest BCUT2D eigenvalue weighted by molar-refractivity contribution is 5.96. The maximum absolute atomic E-state index is 13.6. The normalized spacial score (nSPS) is 15.0. The molecule has 1 aliphatic rings. The average Bonchev–Trinajstić information content (AvgIpc) is 2.87. The maximum atomic E-state index is 13.6. The summed E-state index contributed by atoms with van der Waals surface area (Å²) in [6.45, 7) is 5.70. The number of hydrogen-bond donors (Lipinski definition) is 1. The van der Waals surface area contributed by atoms with E-state index in [1.165, 1.54) is 0 Å². The molecule has 4 rings (SSSR count). The Bertz CT molecular complexity index is 1050. The van der Waals surface area contributed by atoms with E-state index in [0.29, 0.717) is 18.0 Å². The second-order valence-electron chi connectivity index (χ2n) is 7.96. The van der Waals surface area contributed by atoms with Gasteiger partial charge in [0.15, 0.2) is 0 Å². The van der Waals surface area contributed by atoms with Crippen molar-refractivity contribution in [1.82, 2.24) is 4.90 Å². The number of amides is 1. The van der Waals surface area contributed by atoms with Crippen molar-refractivity contribution >= 4 is 17.3 Å². The number of carbonyl (C=O) groups is 1. The van der Waals surface area contributed by atoms with Crippen LogP contribution in [-0.2, 0) is 4.79 Å².